The number of aliphatic imine (C=N–C) groups is 1. The van der Waals surface area contributed by atoms with Crippen LogP contribution >= 0.6 is 0 Å². The number of dihydropyridines is 1. The van der Waals surface area contributed by atoms with Crippen molar-refractivity contribution in [1.82, 2.24) is 0 Å². The molecule has 1 rings (SSSR count). The summed E-state index contributed by atoms with van der Waals surface area (Å²) >= 11 is 0. The van der Waals surface area contributed by atoms with Gasteiger partial charge < -0.3 is 4.74 Å². The fraction of sp³-hybridized carbons (Fsp3) is 0.600. The van der Waals surface area contributed by atoms with Gasteiger partial charge in [-0.3, -0.25) is 4.99 Å². The number of esters is 1. The van der Waals surface area contributed by atoms with Crippen molar-refractivity contribution < 1.29 is 9.53 Å². The molecule has 3 heteroatoms. The van der Waals surface area contributed by atoms with Crippen LogP contribution in [0.3, 0.4) is 0 Å². The molecule has 0 aromatic rings. The van der Waals surface area contributed by atoms with Crippen LogP contribution in [0.25, 0.3) is 0 Å². The Labute approximate surface area is 79.5 Å². The molecule has 1 heterocycles. The van der Waals surface area contributed by atoms with Gasteiger partial charge >= 0.3 is 5.97 Å². The van der Waals surface area contributed by atoms with Crippen LogP contribution in [0.5, 0.6) is 0 Å². The van der Waals surface area contributed by atoms with Crippen molar-refractivity contribution >= 4 is 12.2 Å². The largest absolute Gasteiger partial charge is 0.462 e. The third kappa shape index (κ3) is 4.45. The number of rotatable bonds is 2. The molecule has 0 aliphatic carbocycles. The van der Waals surface area contributed by atoms with Crippen LogP contribution < -0.4 is 0 Å². The molecule has 0 N–H and O–H groups in total. The zero-order chi connectivity index (χ0) is 10.1. The van der Waals surface area contributed by atoms with Gasteiger partial charge in [0.25, 0.3) is 0 Å². The summed E-state index contributed by atoms with van der Waals surface area (Å²) in [5, 5.41) is 0. The van der Waals surface area contributed by atoms with Gasteiger partial charge in [-0.25, -0.2) is 4.79 Å². The first-order valence-electron chi connectivity index (χ1n) is 4.71. The lowest BCUT2D eigenvalue weighted by atomic mass is 10.2. The second-order valence-electron chi connectivity index (χ2n) is 2.20. The van der Waals surface area contributed by atoms with Crippen LogP contribution in [0.4, 0.5) is 0 Å². The summed E-state index contributed by atoms with van der Waals surface area (Å²) in [6, 6.07) is 0. The van der Waals surface area contributed by atoms with Gasteiger partial charge in [-0.15, -0.1) is 0 Å². The van der Waals surface area contributed by atoms with E-state index in [1.165, 1.54) is 0 Å². The molecule has 1 aliphatic heterocycles. The predicted octanol–water partition coefficient (Wildman–Crippen LogP) is 1.98. The summed E-state index contributed by atoms with van der Waals surface area (Å²) in [6.45, 7) is 6.99. The Kier molecular flexibility index (Phi) is 6.88. The molecule has 0 spiro atoms. The van der Waals surface area contributed by atoms with Crippen LogP contribution in [-0.4, -0.2) is 25.3 Å². The van der Waals surface area contributed by atoms with Gasteiger partial charge in [-0.05, 0) is 13.3 Å². The molecular weight excluding hydrogens is 166 g/mol. The van der Waals surface area contributed by atoms with E-state index in [0.29, 0.717) is 12.2 Å². The Bertz CT molecular complexity index is 207. The maximum atomic E-state index is 11.0. The minimum absolute atomic E-state index is 0.268. The van der Waals surface area contributed by atoms with Crippen molar-refractivity contribution in [3.8, 4) is 0 Å². The van der Waals surface area contributed by atoms with Gasteiger partial charge in [0.05, 0.1) is 12.2 Å². The molecule has 0 amide bonds. The van der Waals surface area contributed by atoms with E-state index in [9.17, 15) is 4.79 Å². The molecule has 0 bridgehead atoms. The Morgan fingerprint density at radius 3 is 2.77 bits per heavy atom. The van der Waals surface area contributed by atoms with E-state index >= 15 is 0 Å². The van der Waals surface area contributed by atoms with Crippen molar-refractivity contribution in [2.75, 3.05) is 13.2 Å². The zero-order valence-corrected chi connectivity index (χ0v) is 8.54. The van der Waals surface area contributed by atoms with E-state index in [1.54, 1.807) is 13.1 Å². The molecule has 13 heavy (non-hydrogen) atoms. The van der Waals surface area contributed by atoms with Gasteiger partial charge in [-0.2, -0.15) is 0 Å². The first-order valence-corrected chi connectivity index (χ1v) is 4.71. The van der Waals surface area contributed by atoms with E-state index in [-0.39, 0.29) is 5.97 Å². The predicted molar refractivity (Wildman–Crippen MR) is 54.0 cm³/mol. The summed E-state index contributed by atoms with van der Waals surface area (Å²) in [6.07, 6.45) is 4.26. The molecule has 0 fully saturated rings. The van der Waals surface area contributed by atoms with Crippen LogP contribution in [0.1, 0.15) is 27.2 Å². The second-order valence-corrected chi connectivity index (χ2v) is 2.20. The highest BCUT2D eigenvalue weighted by molar-refractivity contribution is 6.09. The van der Waals surface area contributed by atoms with Crippen molar-refractivity contribution in [3.05, 3.63) is 11.6 Å². The highest BCUT2D eigenvalue weighted by atomic mass is 16.5. The first-order chi connectivity index (χ1) is 6.34. The lowest BCUT2D eigenvalue weighted by Crippen LogP contribution is -2.10. The molecule has 3 nitrogen and oxygen atoms in total. The van der Waals surface area contributed by atoms with E-state index in [4.69, 9.17) is 4.74 Å². The Balaban J connectivity index is 0.000000671. The molecule has 1 aliphatic rings. The molecular formula is C10H17NO2. The molecule has 0 unspecified atom stereocenters. The molecule has 0 saturated carbocycles. The van der Waals surface area contributed by atoms with E-state index < -0.39 is 0 Å². The third-order valence-corrected chi connectivity index (χ3v) is 1.36. The molecule has 0 saturated heterocycles. The van der Waals surface area contributed by atoms with E-state index in [1.807, 2.05) is 19.9 Å². The number of nitrogens with zero attached hydrogens (tertiary/aromatic N) is 1. The Hall–Kier alpha value is -1.12. The number of carbonyl (C=O) groups excluding carboxylic acids is 1. The average Bonchev–Trinajstić information content (AvgIpc) is 2.23. The summed E-state index contributed by atoms with van der Waals surface area (Å²) in [5.74, 6) is -0.268. The van der Waals surface area contributed by atoms with Gasteiger partial charge in [0.2, 0.25) is 0 Å². The quantitative estimate of drug-likeness (QED) is 0.614. The lowest BCUT2D eigenvalue weighted by Gasteiger charge is -2.04. The van der Waals surface area contributed by atoms with Gasteiger partial charge in [0.15, 0.2) is 0 Å². The topological polar surface area (TPSA) is 38.7 Å². The van der Waals surface area contributed by atoms with Gasteiger partial charge in [0.1, 0.15) is 0 Å². The zero-order valence-electron chi connectivity index (χ0n) is 8.54. The smallest absolute Gasteiger partial charge is 0.339 e. The van der Waals surface area contributed by atoms with Crippen molar-refractivity contribution in [2.45, 2.75) is 27.2 Å². The highest BCUT2D eigenvalue weighted by Crippen LogP contribution is 2.02. The van der Waals surface area contributed by atoms with E-state index in [0.717, 1.165) is 13.0 Å². The number of ether oxygens (including phenoxy) is 1. The fourth-order valence-electron chi connectivity index (χ4n) is 0.861. The van der Waals surface area contributed by atoms with Crippen molar-refractivity contribution in [1.29, 1.82) is 0 Å². The molecule has 0 aromatic carbocycles. The van der Waals surface area contributed by atoms with Crippen LogP contribution in [0.2, 0.25) is 0 Å². The minimum atomic E-state index is -0.268. The molecule has 0 atom stereocenters. The minimum Gasteiger partial charge on any atom is -0.462 e. The standard InChI is InChI=1S/C8H11NO2.C2H6/c1-2-11-8(10)7-4-3-5-9-6-7;1-2/h4,6H,2-3,5H2,1H3;1-2H3. The number of hydrogen-bond donors (Lipinski definition) is 0. The van der Waals surface area contributed by atoms with E-state index in [2.05, 4.69) is 4.99 Å². The van der Waals surface area contributed by atoms with Crippen LogP contribution in [0.15, 0.2) is 16.6 Å². The SMILES string of the molecule is CC.CCOC(=O)C1=CCCN=C1. The summed E-state index contributed by atoms with van der Waals surface area (Å²) in [4.78, 5) is 15.0. The number of hydrogen-bond acceptors (Lipinski definition) is 3. The van der Waals surface area contributed by atoms with Crippen LogP contribution in [-0.2, 0) is 9.53 Å². The first kappa shape index (κ1) is 11.9. The third-order valence-electron chi connectivity index (χ3n) is 1.36. The number of carbonyl (C=O) groups is 1. The maximum Gasteiger partial charge on any atom is 0.339 e. The van der Waals surface area contributed by atoms with Crippen molar-refractivity contribution in [3.63, 3.8) is 0 Å². The fourth-order valence-corrected chi connectivity index (χ4v) is 0.861. The van der Waals surface area contributed by atoms with Crippen molar-refractivity contribution in [2.24, 2.45) is 4.99 Å². The summed E-state index contributed by atoms with van der Waals surface area (Å²) in [7, 11) is 0. The molecule has 0 aromatic heterocycles. The maximum absolute atomic E-state index is 11.0. The molecule has 74 valence electrons. The highest BCUT2D eigenvalue weighted by Gasteiger charge is 2.08. The Morgan fingerprint density at radius 1 is 1.62 bits per heavy atom. The lowest BCUT2D eigenvalue weighted by molar-refractivity contribution is -0.137. The van der Waals surface area contributed by atoms with Crippen LogP contribution in [0, 0.1) is 0 Å². The van der Waals surface area contributed by atoms with Gasteiger partial charge in [-0.1, -0.05) is 19.9 Å². The Morgan fingerprint density at radius 2 is 2.31 bits per heavy atom. The summed E-state index contributed by atoms with van der Waals surface area (Å²) in [5.41, 5.74) is 0.582. The normalized spacial score (nSPS) is 13.9. The summed E-state index contributed by atoms with van der Waals surface area (Å²) < 4.78 is 4.78. The molecule has 0 radical (unpaired) electrons. The van der Waals surface area contributed by atoms with Gasteiger partial charge in [0, 0.05) is 12.8 Å². The average molecular weight is 183 g/mol. The second kappa shape index (κ2) is 7.53. The monoisotopic (exact) mass is 183 g/mol.